The molecule has 0 aliphatic heterocycles. The van der Waals surface area contributed by atoms with Gasteiger partial charge in [-0.1, -0.05) is 6.92 Å². The van der Waals surface area contributed by atoms with E-state index in [0.29, 0.717) is 36.7 Å². The first-order valence-electron chi connectivity index (χ1n) is 8.07. The number of esters is 2. The SMILES string of the molecule is CCCC(=O)Oc1ccc(OCC(=O)OC(C)(C)C)c(OCC)c1. The lowest BCUT2D eigenvalue weighted by molar-refractivity contribution is -0.157. The number of carbonyl (C=O) groups is 2. The minimum absolute atomic E-state index is 0.230. The highest BCUT2D eigenvalue weighted by Crippen LogP contribution is 2.32. The Labute approximate surface area is 143 Å². The van der Waals surface area contributed by atoms with E-state index >= 15 is 0 Å². The molecule has 1 rings (SSSR count). The molecule has 0 aliphatic carbocycles. The van der Waals surface area contributed by atoms with E-state index in [1.807, 2.05) is 13.8 Å². The lowest BCUT2D eigenvalue weighted by atomic mass is 10.2. The van der Waals surface area contributed by atoms with Gasteiger partial charge in [-0.2, -0.15) is 0 Å². The maximum Gasteiger partial charge on any atom is 0.344 e. The van der Waals surface area contributed by atoms with E-state index in [9.17, 15) is 9.59 Å². The van der Waals surface area contributed by atoms with Gasteiger partial charge in [0.15, 0.2) is 18.1 Å². The topological polar surface area (TPSA) is 71.1 Å². The lowest BCUT2D eigenvalue weighted by Crippen LogP contribution is -2.27. The molecule has 0 heterocycles. The number of benzene rings is 1. The zero-order valence-corrected chi connectivity index (χ0v) is 15.0. The predicted octanol–water partition coefficient (Wildman–Crippen LogP) is 3.51. The Morgan fingerprint density at radius 2 is 1.71 bits per heavy atom. The molecule has 0 aliphatic rings. The van der Waals surface area contributed by atoms with Gasteiger partial charge in [0.05, 0.1) is 6.61 Å². The average Bonchev–Trinajstić information content (AvgIpc) is 2.45. The quantitative estimate of drug-likeness (QED) is 0.533. The molecule has 134 valence electrons. The van der Waals surface area contributed by atoms with Crippen molar-refractivity contribution in [3.63, 3.8) is 0 Å². The van der Waals surface area contributed by atoms with Gasteiger partial charge in [0.1, 0.15) is 11.4 Å². The predicted molar refractivity (Wildman–Crippen MR) is 89.5 cm³/mol. The second kappa shape index (κ2) is 9.15. The molecule has 6 heteroatoms. The van der Waals surface area contributed by atoms with E-state index in [1.165, 1.54) is 0 Å². The second-order valence-corrected chi connectivity index (χ2v) is 6.14. The normalized spacial score (nSPS) is 10.9. The fourth-order valence-corrected chi connectivity index (χ4v) is 1.83. The Morgan fingerprint density at radius 1 is 1.00 bits per heavy atom. The highest BCUT2D eigenvalue weighted by atomic mass is 16.6. The molecule has 1 aromatic carbocycles. The number of ether oxygens (including phenoxy) is 4. The zero-order chi connectivity index (χ0) is 18.2. The summed E-state index contributed by atoms with van der Waals surface area (Å²) in [5.74, 6) is 0.396. The molecule has 0 amide bonds. The van der Waals surface area contributed by atoms with Gasteiger partial charge in [0.2, 0.25) is 0 Å². The van der Waals surface area contributed by atoms with Crippen molar-refractivity contribution in [1.82, 2.24) is 0 Å². The Balaban J connectivity index is 2.76. The first kappa shape index (κ1) is 19.8. The lowest BCUT2D eigenvalue weighted by Gasteiger charge is -2.20. The van der Waals surface area contributed by atoms with E-state index in [4.69, 9.17) is 18.9 Å². The van der Waals surface area contributed by atoms with Gasteiger partial charge in [0, 0.05) is 12.5 Å². The standard InChI is InChI=1S/C18H26O6/c1-6-8-16(19)23-13-9-10-14(15(11-13)21-7-2)22-12-17(20)24-18(3,4)5/h9-11H,6-8,12H2,1-5H3. The van der Waals surface area contributed by atoms with Crippen molar-refractivity contribution < 1.29 is 28.5 Å². The van der Waals surface area contributed by atoms with Crippen molar-refractivity contribution >= 4 is 11.9 Å². The smallest absolute Gasteiger partial charge is 0.344 e. The molecule has 0 atom stereocenters. The number of hydrogen-bond acceptors (Lipinski definition) is 6. The van der Waals surface area contributed by atoms with Crippen LogP contribution in [0.3, 0.4) is 0 Å². The van der Waals surface area contributed by atoms with Gasteiger partial charge in [-0.3, -0.25) is 4.79 Å². The van der Waals surface area contributed by atoms with E-state index < -0.39 is 11.6 Å². The summed E-state index contributed by atoms with van der Waals surface area (Å²) in [7, 11) is 0. The van der Waals surface area contributed by atoms with Crippen LogP contribution >= 0.6 is 0 Å². The molecular formula is C18H26O6. The number of hydrogen-bond donors (Lipinski definition) is 0. The first-order valence-corrected chi connectivity index (χ1v) is 8.07. The van der Waals surface area contributed by atoms with Crippen LogP contribution in [0.5, 0.6) is 17.2 Å². The molecule has 0 saturated carbocycles. The molecule has 0 aromatic heterocycles. The molecule has 0 unspecified atom stereocenters. The fraction of sp³-hybridized carbons (Fsp3) is 0.556. The third kappa shape index (κ3) is 7.35. The average molecular weight is 338 g/mol. The van der Waals surface area contributed by atoms with Crippen molar-refractivity contribution in [2.75, 3.05) is 13.2 Å². The van der Waals surface area contributed by atoms with Crippen molar-refractivity contribution in [2.24, 2.45) is 0 Å². The van der Waals surface area contributed by atoms with Crippen LogP contribution in [-0.2, 0) is 14.3 Å². The molecule has 6 nitrogen and oxygen atoms in total. The van der Waals surface area contributed by atoms with E-state index in [1.54, 1.807) is 39.0 Å². The maximum atomic E-state index is 11.7. The molecule has 24 heavy (non-hydrogen) atoms. The highest BCUT2D eigenvalue weighted by Gasteiger charge is 2.18. The largest absolute Gasteiger partial charge is 0.490 e. The minimum atomic E-state index is -0.569. The maximum absolute atomic E-state index is 11.7. The summed E-state index contributed by atoms with van der Waals surface area (Å²) in [6.07, 6.45) is 1.06. The molecule has 0 spiro atoms. The van der Waals surface area contributed by atoms with Crippen LogP contribution in [0.25, 0.3) is 0 Å². The minimum Gasteiger partial charge on any atom is -0.490 e. The number of carbonyl (C=O) groups excluding carboxylic acids is 2. The zero-order valence-electron chi connectivity index (χ0n) is 15.0. The summed E-state index contributed by atoms with van der Waals surface area (Å²) in [5, 5.41) is 0. The van der Waals surface area contributed by atoms with E-state index in [2.05, 4.69) is 0 Å². The van der Waals surface area contributed by atoms with Gasteiger partial charge >= 0.3 is 11.9 Å². The summed E-state index contributed by atoms with van der Waals surface area (Å²) in [6.45, 7) is 9.28. The summed E-state index contributed by atoms with van der Waals surface area (Å²) in [5.41, 5.74) is -0.569. The van der Waals surface area contributed by atoms with Crippen molar-refractivity contribution in [2.45, 2.75) is 53.1 Å². The van der Waals surface area contributed by atoms with E-state index in [0.717, 1.165) is 0 Å². The van der Waals surface area contributed by atoms with Gasteiger partial charge in [-0.05, 0) is 46.2 Å². The van der Waals surface area contributed by atoms with Crippen molar-refractivity contribution in [1.29, 1.82) is 0 Å². The van der Waals surface area contributed by atoms with Gasteiger partial charge in [-0.15, -0.1) is 0 Å². The van der Waals surface area contributed by atoms with Crippen molar-refractivity contribution in [3.05, 3.63) is 18.2 Å². The second-order valence-electron chi connectivity index (χ2n) is 6.14. The van der Waals surface area contributed by atoms with Crippen LogP contribution in [-0.4, -0.2) is 30.8 Å². The molecule has 0 radical (unpaired) electrons. The monoisotopic (exact) mass is 338 g/mol. The fourth-order valence-electron chi connectivity index (χ4n) is 1.83. The van der Waals surface area contributed by atoms with Crippen LogP contribution in [0.2, 0.25) is 0 Å². The molecule has 0 N–H and O–H groups in total. The summed E-state index contributed by atoms with van der Waals surface area (Å²) in [6, 6.07) is 4.77. The van der Waals surface area contributed by atoms with Crippen LogP contribution in [0.15, 0.2) is 18.2 Å². The number of rotatable bonds is 8. The molecule has 1 aromatic rings. The van der Waals surface area contributed by atoms with E-state index in [-0.39, 0.29) is 12.6 Å². The Morgan fingerprint density at radius 3 is 2.29 bits per heavy atom. The van der Waals surface area contributed by atoms with Gasteiger partial charge < -0.3 is 18.9 Å². The molecule has 0 bridgehead atoms. The van der Waals surface area contributed by atoms with Crippen LogP contribution in [0, 0.1) is 0 Å². The van der Waals surface area contributed by atoms with Crippen LogP contribution < -0.4 is 14.2 Å². The third-order valence-electron chi connectivity index (χ3n) is 2.67. The highest BCUT2D eigenvalue weighted by molar-refractivity contribution is 5.73. The Hall–Kier alpha value is -2.24. The summed E-state index contributed by atoms with van der Waals surface area (Å²) >= 11 is 0. The molecular weight excluding hydrogens is 312 g/mol. The Bertz CT molecular complexity index is 559. The first-order chi connectivity index (χ1) is 11.2. The van der Waals surface area contributed by atoms with Crippen molar-refractivity contribution in [3.8, 4) is 17.2 Å². The van der Waals surface area contributed by atoms with Gasteiger partial charge in [0.25, 0.3) is 0 Å². The summed E-state index contributed by atoms with van der Waals surface area (Å²) < 4.78 is 21.4. The van der Waals surface area contributed by atoms with Crippen LogP contribution in [0.4, 0.5) is 0 Å². The summed E-state index contributed by atoms with van der Waals surface area (Å²) in [4.78, 5) is 23.3. The molecule has 0 fully saturated rings. The van der Waals surface area contributed by atoms with Crippen LogP contribution in [0.1, 0.15) is 47.5 Å². The molecule has 0 saturated heterocycles. The third-order valence-corrected chi connectivity index (χ3v) is 2.67. The Kier molecular flexibility index (Phi) is 7.55. The van der Waals surface area contributed by atoms with Gasteiger partial charge in [-0.25, -0.2) is 4.79 Å².